The van der Waals surface area contributed by atoms with Gasteiger partial charge in [-0.25, -0.2) is 4.98 Å². The van der Waals surface area contributed by atoms with Crippen molar-refractivity contribution in [3.63, 3.8) is 0 Å². The first-order chi connectivity index (χ1) is 11.5. The smallest absolute Gasteiger partial charge is 0.263 e. The summed E-state index contributed by atoms with van der Waals surface area (Å²) >= 11 is 1.58. The Morgan fingerprint density at radius 3 is 2.96 bits per heavy atom. The maximum atomic E-state index is 12.8. The van der Waals surface area contributed by atoms with Crippen LogP contribution in [0.5, 0.6) is 0 Å². The average Bonchev–Trinajstić information content (AvgIpc) is 3.19. The van der Waals surface area contributed by atoms with Crippen LogP contribution < -0.4 is 0 Å². The van der Waals surface area contributed by atoms with Crippen LogP contribution in [0.3, 0.4) is 0 Å². The minimum Gasteiger partial charge on any atom is -0.385 e. The molecule has 0 spiro atoms. The highest BCUT2D eigenvalue weighted by molar-refractivity contribution is 7.14. The fraction of sp³-hybridized carbons (Fsp3) is 0.556. The second kappa shape index (κ2) is 7.07. The van der Waals surface area contributed by atoms with Crippen LogP contribution in [0.4, 0.5) is 0 Å². The summed E-state index contributed by atoms with van der Waals surface area (Å²) in [6.45, 7) is 5.54. The number of nitrogens with zero attached hydrogens (tertiary/aromatic N) is 3. The van der Waals surface area contributed by atoms with E-state index in [1.165, 1.54) is 10.4 Å². The number of rotatable bonds is 4. The number of thiophene rings is 1. The lowest BCUT2D eigenvalue weighted by Crippen LogP contribution is -2.41. The molecule has 3 rings (SSSR count). The monoisotopic (exact) mass is 347 g/mol. The van der Waals surface area contributed by atoms with Gasteiger partial charge in [-0.1, -0.05) is 6.92 Å². The molecule has 1 amide bonds. The number of aliphatic hydroxyl groups excluding tert-OH is 1. The van der Waals surface area contributed by atoms with E-state index in [1.54, 1.807) is 17.5 Å². The van der Waals surface area contributed by atoms with E-state index in [-0.39, 0.29) is 11.8 Å². The Morgan fingerprint density at radius 1 is 1.54 bits per heavy atom. The van der Waals surface area contributed by atoms with E-state index in [9.17, 15) is 9.90 Å². The van der Waals surface area contributed by atoms with Crippen LogP contribution in [0, 0.1) is 12.8 Å². The van der Waals surface area contributed by atoms with E-state index < -0.39 is 6.10 Å². The minimum atomic E-state index is -0.628. The van der Waals surface area contributed by atoms with Crippen molar-refractivity contribution in [3.8, 4) is 0 Å². The van der Waals surface area contributed by atoms with E-state index in [2.05, 4.69) is 18.8 Å². The summed E-state index contributed by atoms with van der Waals surface area (Å²) in [6, 6.07) is 2.03. The normalized spacial score (nSPS) is 19.5. The zero-order valence-corrected chi connectivity index (χ0v) is 15.3. The fourth-order valence-electron chi connectivity index (χ4n) is 3.46. The van der Waals surface area contributed by atoms with Gasteiger partial charge in [-0.15, -0.1) is 11.3 Å². The number of amides is 1. The lowest BCUT2D eigenvalue weighted by atomic mass is 9.92. The van der Waals surface area contributed by atoms with Crippen molar-refractivity contribution in [1.82, 2.24) is 14.5 Å². The molecule has 0 saturated carbocycles. The Morgan fingerprint density at radius 2 is 2.33 bits per heavy atom. The number of aromatic nitrogens is 2. The van der Waals surface area contributed by atoms with Gasteiger partial charge in [0.2, 0.25) is 0 Å². The van der Waals surface area contributed by atoms with Crippen molar-refractivity contribution >= 4 is 17.2 Å². The summed E-state index contributed by atoms with van der Waals surface area (Å²) in [6.07, 6.45) is 5.70. The fourth-order valence-corrected chi connectivity index (χ4v) is 4.54. The number of imidazole rings is 1. The molecule has 6 heteroatoms. The van der Waals surface area contributed by atoms with Crippen molar-refractivity contribution in [2.24, 2.45) is 13.0 Å². The lowest BCUT2D eigenvalue weighted by molar-refractivity contribution is 0.0361. The van der Waals surface area contributed by atoms with Crippen LogP contribution in [-0.2, 0) is 13.5 Å². The maximum Gasteiger partial charge on any atom is 0.263 e. The highest BCUT2D eigenvalue weighted by Gasteiger charge is 2.32. The molecule has 0 bridgehead atoms. The molecule has 2 aromatic rings. The largest absolute Gasteiger partial charge is 0.385 e. The molecular formula is C18H25N3O2S. The molecule has 0 aromatic carbocycles. The molecule has 0 radical (unpaired) electrons. The molecule has 1 aliphatic rings. The number of piperidine rings is 1. The van der Waals surface area contributed by atoms with E-state index in [4.69, 9.17) is 0 Å². The highest BCUT2D eigenvalue weighted by atomic mass is 32.1. The van der Waals surface area contributed by atoms with Crippen LogP contribution in [-0.4, -0.2) is 38.6 Å². The summed E-state index contributed by atoms with van der Waals surface area (Å²) in [4.78, 5) is 21.0. The molecule has 2 atom stereocenters. The molecular weight excluding hydrogens is 322 g/mol. The van der Waals surface area contributed by atoms with Crippen molar-refractivity contribution in [1.29, 1.82) is 0 Å². The Hall–Kier alpha value is -1.66. The standard InChI is InChI=1S/C18H25N3O2S/c1-4-13-10-15(24-12(13)2)18(23)21-8-5-6-14(11-21)16(22)17-19-7-9-20(17)3/h7,9-10,14,16,22H,4-6,8,11H2,1-3H3. The molecule has 24 heavy (non-hydrogen) atoms. The second-order valence-electron chi connectivity index (χ2n) is 6.54. The van der Waals surface area contributed by atoms with Crippen molar-refractivity contribution < 1.29 is 9.90 Å². The number of aryl methyl sites for hydroxylation is 3. The highest BCUT2D eigenvalue weighted by Crippen LogP contribution is 2.31. The number of likely N-dealkylation sites (tertiary alicyclic amines) is 1. The topological polar surface area (TPSA) is 58.4 Å². The third-order valence-electron chi connectivity index (χ3n) is 4.93. The molecule has 1 N–H and O–H groups in total. The van der Waals surface area contributed by atoms with Crippen LogP contribution >= 0.6 is 11.3 Å². The van der Waals surface area contributed by atoms with Crippen molar-refractivity contribution in [2.45, 2.75) is 39.2 Å². The number of hydrogen-bond donors (Lipinski definition) is 1. The van der Waals surface area contributed by atoms with Gasteiger partial charge in [0.25, 0.3) is 5.91 Å². The summed E-state index contributed by atoms with van der Waals surface area (Å²) in [7, 11) is 1.89. The molecule has 1 aliphatic heterocycles. The van der Waals surface area contributed by atoms with Gasteiger partial charge < -0.3 is 14.6 Å². The third kappa shape index (κ3) is 3.26. The molecule has 2 aromatic heterocycles. The maximum absolute atomic E-state index is 12.8. The van der Waals surface area contributed by atoms with Crippen LogP contribution in [0.25, 0.3) is 0 Å². The zero-order valence-electron chi connectivity index (χ0n) is 14.5. The predicted octanol–water partition coefficient (Wildman–Crippen LogP) is 2.94. The first-order valence-electron chi connectivity index (χ1n) is 8.55. The van der Waals surface area contributed by atoms with Crippen LogP contribution in [0.1, 0.15) is 51.8 Å². The first kappa shape index (κ1) is 17.2. The summed E-state index contributed by atoms with van der Waals surface area (Å²) in [5.74, 6) is 0.810. The third-order valence-corrected chi connectivity index (χ3v) is 6.01. The van der Waals surface area contributed by atoms with E-state index in [0.717, 1.165) is 30.7 Å². The lowest BCUT2D eigenvalue weighted by Gasteiger charge is -2.34. The van der Waals surface area contributed by atoms with E-state index >= 15 is 0 Å². The van der Waals surface area contributed by atoms with Gasteiger partial charge in [-0.3, -0.25) is 4.79 Å². The predicted molar refractivity (Wildman–Crippen MR) is 95.2 cm³/mol. The van der Waals surface area contributed by atoms with Gasteiger partial charge in [-0.2, -0.15) is 0 Å². The number of aliphatic hydroxyl groups is 1. The number of carbonyl (C=O) groups excluding carboxylic acids is 1. The molecule has 1 saturated heterocycles. The van der Waals surface area contributed by atoms with Gasteiger partial charge in [0, 0.05) is 43.3 Å². The Bertz CT molecular complexity index is 722. The Kier molecular flexibility index (Phi) is 5.06. The van der Waals surface area contributed by atoms with E-state index in [1.807, 2.05) is 28.8 Å². The summed E-state index contributed by atoms with van der Waals surface area (Å²) < 4.78 is 1.85. The molecule has 5 nitrogen and oxygen atoms in total. The molecule has 3 heterocycles. The van der Waals surface area contributed by atoms with Gasteiger partial charge in [0.15, 0.2) is 0 Å². The Balaban J connectivity index is 1.73. The molecule has 0 aliphatic carbocycles. The molecule has 1 fully saturated rings. The van der Waals surface area contributed by atoms with Gasteiger partial charge in [0.1, 0.15) is 11.9 Å². The number of hydrogen-bond acceptors (Lipinski definition) is 4. The van der Waals surface area contributed by atoms with Crippen molar-refractivity contribution in [3.05, 3.63) is 39.6 Å². The number of carbonyl (C=O) groups is 1. The van der Waals surface area contributed by atoms with Gasteiger partial charge >= 0.3 is 0 Å². The Labute approximate surface area is 146 Å². The average molecular weight is 347 g/mol. The van der Waals surface area contributed by atoms with Gasteiger partial charge in [-0.05, 0) is 37.8 Å². The second-order valence-corrected chi connectivity index (χ2v) is 7.80. The zero-order chi connectivity index (χ0) is 17.3. The summed E-state index contributed by atoms with van der Waals surface area (Å²) in [5.41, 5.74) is 1.25. The van der Waals surface area contributed by atoms with E-state index in [0.29, 0.717) is 12.4 Å². The van der Waals surface area contributed by atoms with Crippen LogP contribution in [0.2, 0.25) is 0 Å². The molecule has 130 valence electrons. The minimum absolute atomic E-state index is 0.0375. The SMILES string of the molecule is CCc1cc(C(=O)N2CCCC(C(O)c3nccn3C)C2)sc1C. The van der Waals surface area contributed by atoms with Gasteiger partial charge in [0.05, 0.1) is 4.88 Å². The summed E-state index contributed by atoms with van der Waals surface area (Å²) in [5, 5.41) is 10.7. The van der Waals surface area contributed by atoms with Crippen LogP contribution in [0.15, 0.2) is 18.5 Å². The van der Waals surface area contributed by atoms with Crippen molar-refractivity contribution in [2.75, 3.05) is 13.1 Å². The molecule has 2 unspecified atom stereocenters. The quantitative estimate of drug-likeness (QED) is 0.925. The first-order valence-corrected chi connectivity index (χ1v) is 9.36.